The molecule has 5 rings (SSSR count). The van der Waals surface area contributed by atoms with Gasteiger partial charge in [0.25, 0.3) is 0 Å². The van der Waals surface area contributed by atoms with Crippen molar-refractivity contribution in [1.82, 2.24) is 0 Å². The molecule has 1 amide bonds. The summed E-state index contributed by atoms with van der Waals surface area (Å²) in [6.07, 6.45) is 2.92. The van der Waals surface area contributed by atoms with Crippen LogP contribution in [0.15, 0.2) is 60.7 Å². The summed E-state index contributed by atoms with van der Waals surface area (Å²) < 4.78 is 10.9. The highest BCUT2D eigenvalue weighted by atomic mass is 16.7. The van der Waals surface area contributed by atoms with Crippen LogP contribution in [0.5, 0.6) is 11.5 Å². The fraction of sp³-hybridized carbons (Fsp3) is 0.259. The summed E-state index contributed by atoms with van der Waals surface area (Å²) in [7, 11) is 0. The van der Waals surface area contributed by atoms with Gasteiger partial charge < -0.3 is 15.2 Å². The van der Waals surface area contributed by atoms with Crippen LogP contribution in [0.2, 0.25) is 0 Å². The van der Waals surface area contributed by atoms with Crippen LogP contribution in [0.3, 0.4) is 0 Å². The van der Waals surface area contributed by atoms with Crippen molar-refractivity contribution >= 4 is 11.7 Å². The number of carbonyl (C=O) groups is 2. The van der Waals surface area contributed by atoms with Crippen molar-refractivity contribution < 1.29 is 19.1 Å². The molecule has 1 fully saturated rings. The maximum atomic E-state index is 13.4. The molecule has 0 saturated heterocycles. The van der Waals surface area contributed by atoms with Crippen molar-refractivity contribution in [2.75, 3.05) is 6.79 Å². The number of nitrogens with two attached hydrogens (primary N) is 1. The second kappa shape index (κ2) is 7.83. The van der Waals surface area contributed by atoms with Crippen LogP contribution in [0, 0.1) is 0 Å². The number of benzene rings is 3. The minimum absolute atomic E-state index is 0.220. The number of Topliss-reactive ketones (excluding diaryl/α,β-unsaturated/α-hetero) is 1. The lowest BCUT2D eigenvalue weighted by Crippen LogP contribution is -2.22. The van der Waals surface area contributed by atoms with Crippen LogP contribution in [0.4, 0.5) is 0 Å². The summed E-state index contributed by atoms with van der Waals surface area (Å²) >= 11 is 0. The molecule has 0 atom stereocenters. The van der Waals surface area contributed by atoms with Gasteiger partial charge in [-0.15, -0.1) is 0 Å². The largest absolute Gasteiger partial charge is 0.454 e. The molecule has 0 spiro atoms. The Labute approximate surface area is 187 Å². The fourth-order valence-corrected chi connectivity index (χ4v) is 4.55. The highest BCUT2D eigenvalue weighted by Crippen LogP contribution is 2.51. The van der Waals surface area contributed by atoms with Gasteiger partial charge >= 0.3 is 0 Å². The van der Waals surface area contributed by atoms with Crippen molar-refractivity contribution in [1.29, 1.82) is 0 Å². The fourth-order valence-electron chi connectivity index (χ4n) is 4.55. The van der Waals surface area contributed by atoms with E-state index in [0.717, 1.165) is 47.3 Å². The van der Waals surface area contributed by atoms with Crippen molar-refractivity contribution in [2.24, 2.45) is 5.73 Å². The van der Waals surface area contributed by atoms with Gasteiger partial charge in [-0.05, 0) is 71.3 Å². The zero-order valence-corrected chi connectivity index (χ0v) is 18.0. The second-order valence-corrected chi connectivity index (χ2v) is 8.54. The number of hydrogen-bond acceptors (Lipinski definition) is 4. The molecular weight excluding hydrogens is 402 g/mol. The van der Waals surface area contributed by atoms with Gasteiger partial charge in [0.1, 0.15) is 5.78 Å². The molecular formula is C27H25NO4. The normalized spacial score (nSPS) is 15.4. The minimum atomic E-state index is -0.448. The van der Waals surface area contributed by atoms with Gasteiger partial charge in [-0.1, -0.05) is 43.3 Å². The van der Waals surface area contributed by atoms with Crippen LogP contribution >= 0.6 is 0 Å². The van der Waals surface area contributed by atoms with E-state index >= 15 is 0 Å². The highest BCUT2D eigenvalue weighted by Gasteiger charge is 2.50. The Kier molecular flexibility index (Phi) is 4.97. The number of amides is 1. The predicted octanol–water partition coefficient (Wildman–Crippen LogP) is 4.59. The standard InChI is InChI=1S/C27H25NO4/c1-2-18-7-6-17(12-22(18)19-4-3-5-20(14-19)26(28)30)13-25(29)27(10-11-27)21-8-9-23-24(15-21)32-16-31-23/h3-9,12,14-15H,2,10-11,13,16H2,1H3,(H2,28,30). The van der Waals surface area contributed by atoms with E-state index in [-0.39, 0.29) is 12.6 Å². The van der Waals surface area contributed by atoms with Crippen molar-refractivity contribution in [3.63, 3.8) is 0 Å². The number of rotatable bonds is 7. The summed E-state index contributed by atoms with van der Waals surface area (Å²) in [6.45, 7) is 2.32. The third-order valence-corrected chi connectivity index (χ3v) is 6.59. The maximum Gasteiger partial charge on any atom is 0.248 e. The first-order valence-electron chi connectivity index (χ1n) is 11.0. The molecule has 0 aromatic heterocycles. The average Bonchev–Trinajstić information content (AvgIpc) is 3.50. The Bertz CT molecular complexity index is 1230. The topological polar surface area (TPSA) is 78.6 Å². The number of ketones is 1. The van der Waals surface area contributed by atoms with E-state index in [1.807, 2.05) is 42.5 Å². The predicted molar refractivity (Wildman–Crippen MR) is 122 cm³/mol. The molecule has 162 valence electrons. The molecule has 1 heterocycles. The van der Waals surface area contributed by atoms with Crippen LogP contribution in [0.25, 0.3) is 11.1 Å². The molecule has 32 heavy (non-hydrogen) atoms. The lowest BCUT2D eigenvalue weighted by atomic mass is 9.86. The van der Waals surface area contributed by atoms with Gasteiger partial charge in [0.2, 0.25) is 12.7 Å². The summed E-state index contributed by atoms with van der Waals surface area (Å²) in [5.74, 6) is 1.22. The number of ether oxygens (including phenoxy) is 2. The monoisotopic (exact) mass is 427 g/mol. The first-order valence-corrected chi connectivity index (χ1v) is 11.0. The maximum absolute atomic E-state index is 13.4. The van der Waals surface area contributed by atoms with E-state index in [1.54, 1.807) is 6.07 Å². The van der Waals surface area contributed by atoms with E-state index in [2.05, 4.69) is 19.1 Å². The molecule has 1 aliphatic heterocycles. The molecule has 1 aliphatic carbocycles. The summed E-state index contributed by atoms with van der Waals surface area (Å²) in [6, 6.07) is 19.4. The Morgan fingerprint density at radius 3 is 2.53 bits per heavy atom. The lowest BCUT2D eigenvalue weighted by Gasteiger charge is -2.16. The summed E-state index contributed by atoms with van der Waals surface area (Å²) in [4.78, 5) is 25.0. The number of hydrogen-bond donors (Lipinski definition) is 1. The minimum Gasteiger partial charge on any atom is -0.454 e. The van der Waals surface area contributed by atoms with E-state index in [4.69, 9.17) is 15.2 Å². The highest BCUT2D eigenvalue weighted by molar-refractivity contribution is 5.95. The van der Waals surface area contributed by atoms with Gasteiger partial charge in [-0.25, -0.2) is 0 Å². The average molecular weight is 428 g/mol. The molecule has 0 bridgehead atoms. The summed E-state index contributed by atoms with van der Waals surface area (Å²) in [5.41, 5.74) is 10.6. The number of aryl methyl sites for hydroxylation is 1. The van der Waals surface area contributed by atoms with E-state index in [1.165, 1.54) is 5.56 Å². The van der Waals surface area contributed by atoms with Crippen LogP contribution in [0.1, 0.15) is 46.8 Å². The smallest absolute Gasteiger partial charge is 0.248 e. The van der Waals surface area contributed by atoms with Crippen LogP contribution in [-0.2, 0) is 23.1 Å². The molecule has 5 nitrogen and oxygen atoms in total. The molecule has 5 heteroatoms. The van der Waals surface area contributed by atoms with Crippen molar-refractivity contribution in [3.8, 4) is 22.6 Å². The lowest BCUT2D eigenvalue weighted by molar-refractivity contribution is -0.120. The van der Waals surface area contributed by atoms with E-state index in [9.17, 15) is 9.59 Å². The van der Waals surface area contributed by atoms with Crippen molar-refractivity contribution in [3.05, 3.63) is 82.9 Å². The van der Waals surface area contributed by atoms with E-state index in [0.29, 0.717) is 17.7 Å². The zero-order valence-electron chi connectivity index (χ0n) is 18.0. The SMILES string of the molecule is CCc1ccc(CC(=O)C2(c3ccc4c(c3)OCO4)CC2)cc1-c1cccc(C(N)=O)c1. The first kappa shape index (κ1) is 20.3. The second-order valence-electron chi connectivity index (χ2n) is 8.54. The Morgan fingerprint density at radius 1 is 0.969 bits per heavy atom. The summed E-state index contributed by atoms with van der Waals surface area (Å²) in [5, 5.41) is 0. The molecule has 0 radical (unpaired) electrons. The number of fused-ring (bicyclic) bond motifs is 1. The number of carbonyl (C=O) groups excluding carboxylic acids is 2. The number of primary amides is 1. The molecule has 1 saturated carbocycles. The quantitative estimate of drug-likeness (QED) is 0.598. The van der Waals surface area contributed by atoms with E-state index < -0.39 is 11.3 Å². The van der Waals surface area contributed by atoms with Gasteiger partial charge in [0.05, 0.1) is 5.41 Å². The van der Waals surface area contributed by atoms with Crippen LogP contribution in [-0.4, -0.2) is 18.5 Å². The molecule has 3 aromatic carbocycles. The van der Waals surface area contributed by atoms with Gasteiger partial charge in [-0.3, -0.25) is 9.59 Å². The Balaban J connectivity index is 1.43. The molecule has 2 N–H and O–H groups in total. The third kappa shape index (κ3) is 3.54. The van der Waals surface area contributed by atoms with Crippen LogP contribution < -0.4 is 15.2 Å². The Hall–Kier alpha value is -3.60. The molecule has 2 aliphatic rings. The van der Waals surface area contributed by atoms with Crippen molar-refractivity contribution in [2.45, 2.75) is 38.0 Å². The van der Waals surface area contributed by atoms with Gasteiger partial charge in [0, 0.05) is 12.0 Å². The van der Waals surface area contributed by atoms with Gasteiger partial charge in [-0.2, -0.15) is 0 Å². The zero-order chi connectivity index (χ0) is 22.3. The first-order chi connectivity index (χ1) is 15.5. The third-order valence-electron chi connectivity index (χ3n) is 6.59. The van der Waals surface area contributed by atoms with Gasteiger partial charge in [0.15, 0.2) is 11.5 Å². The Morgan fingerprint density at radius 2 is 1.78 bits per heavy atom. The molecule has 3 aromatic rings. The molecule has 0 unspecified atom stereocenters.